The van der Waals surface area contributed by atoms with E-state index in [1.54, 1.807) is 18.2 Å². The van der Waals surface area contributed by atoms with Gasteiger partial charge in [0.15, 0.2) is 11.5 Å². The number of hydrazone groups is 1. The molecule has 0 aliphatic rings. The van der Waals surface area contributed by atoms with Crippen LogP contribution < -0.4 is 14.9 Å². The minimum atomic E-state index is -1.16. The van der Waals surface area contributed by atoms with Crippen LogP contribution in [-0.2, 0) is 6.61 Å². The van der Waals surface area contributed by atoms with E-state index in [1.165, 1.54) is 36.7 Å². The fourth-order valence-electron chi connectivity index (χ4n) is 2.51. The van der Waals surface area contributed by atoms with Gasteiger partial charge in [0, 0.05) is 12.3 Å². The number of nitrogens with zero attached hydrogens (tertiary/aromatic N) is 3. The van der Waals surface area contributed by atoms with Crippen LogP contribution in [-0.4, -0.2) is 33.8 Å². The van der Waals surface area contributed by atoms with Gasteiger partial charge in [-0.3, -0.25) is 15.5 Å². The van der Waals surface area contributed by atoms with E-state index in [0.29, 0.717) is 29.4 Å². The van der Waals surface area contributed by atoms with Gasteiger partial charge < -0.3 is 19.0 Å². The molecule has 160 valence electrons. The molecule has 0 fully saturated rings. The molecule has 0 aliphatic heterocycles. The van der Waals surface area contributed by atoms with Crippen LogP contribution in [0.25, 0.3) is 0 Å². The molecule has 11 heteroatoms. The van der Waals surface area contributed by atoms with Gasteiger partial charge in [0.25, 0.3) is 0 Å². The van der Waals surface area contributed by atoms with Crippen molar-refractivity contribution in [2.24, 2.45) is 5.10 Å². The van der Waals surface area contributed by atoms with Gasteiger partial charge in [0.05, 0.1) is 17.7 Å². The summed E-state index contributed by atoms with van der Waals surface area (Å²) >= 11 is 0. The second-order valence-electron chi connectivity index (χ2n) is 6.00. The predicted octanol–water partition coefficient (Wildman–Crippen LogP) is 3.70. The van der Waals surface area contributed by atoms with Crippen molar-refractivity contribution in [3.05, 3.63) is 75.9 Å². The average Bonchev–Trinajstić information content (AvgIpc) is 3.23. The molecular formula is C20H18N4O7. The van der Waals surface area contributed by atoms with Gasteiger partial charge in [0.1, 0.15) is 12.4 Å². The molecule has 0 spiro atoms. The number of aromatic carboxylic acids is 1. The number of hydrogen-bond acceptors (Lipinski definition) is 9. The largest absolute Gasteiger partial charge is 0.490 e. The third-order valence-corrected chi connectivity index (χ3v) is 3.88. The van der Waals surface area contributed by atoms with Crippen LogP contribution in [0.1, 0.15) is 28.8 Å². The molecule has 2 aromatic heterocycles. The van der Waals surface area contributed by atoms with Gasteiger partial charge in [-0.1, -0.05) is 0 Å². The molecule has 0 unspecified atom stereocenters. The first-order valence-electron chi connectivity index (χ1n) is 9.08. The van der Waals surface area contributed by atoms with Crippen LogP contribution in [0.4, 0.5) is 11.5 Å². The molecular weight excluding hydrogens is 408 g/mol. The molecule has 11 nitrogen and oxygen atoms in total. The summed E-state index contributed by atoms with van der Waals surface area (Å²) in [6.07, 6.45) is 2.87. The normalized spacial score (nSPS) is 10.7. The molecule has 3 rings (SSSR count). The monoisotopic (exact) mass is 426 g/mol. The van der Waals surface area contributed by atoms with Gasteiger partial charge in [0.2, 0.25) is 11.6 Å². The Balaban J connectivity index is 1.70. The van der Waals surface area contributed by atoms with E-state index in [4.69, 9.17) is 19.0 Å². The van der Waals surface area contributed by atoms with E-state index >= 15 is 0 Å². The number of nitrogens with one attached hydrogen (secondary N) is 1. The lowest BCUT2D eigenvalue weighted by molar-refractivity contribution is -0.384. The van der Waals surface area contributed by atoms with Crippen LogP contribution in [0.5, 0.6) is 11.5 Å². The van der Waals surface area contributed by atoms with Gasteiger partial charge in [-0.2, -0.15) is 5.10 Å². The van der Waals surface area contributed by atoms with E-state index in [9.17, 15) is 14.9 Å². The van der Waals surface area contributed by atoms with Crippen molar-refractivity contribution in [1.82, 2.24) is 4.98 Å². The predicted molar refractivity (Wildman–Crippen MR) is 110 cm³/mol. The van der Waals surface area contributed by atoms with Crippen LogP contribution in [0.15, 0.2) is 58.2 Å². The van der Waals surface area contributed by atoms with E-state index in [1.807, 2.05) is 6.92 Å². The zero-order valence-electron chi connectivity index (χ0n) is 16.3. The molecule has 2 heterocycles. The van der Waals surface area contributed by atoms with Crippen molar-refractivity contribution in [3.8, 4) is 11.5 Å². The second-order valence-corrected chi connectivity index (χ2v) is 6.00. The molecule has 1 aromatic carbocycles. The van der Waals surface area contributed by atoms with Gasteiger partial charge in [-0.15, -0.1) is 0 Å². The first kappa shape index (κ1) is 21.3. The quantitative estimate of drug-likeness (QED) is 0.281. The molecule has 31 heavy (non-hydrogen) atoms. The lowest BCUT2D eigenvalue weighted by atomic mass is 10.2. The third-order valence-electron chi connectivity index (χ3n) is 3.88. The zero-order chi connectivity index (χ0) is 22.2. The first-order chi connectivity index (χ1) is 15.0. The number of carboxylic acid groups (broad SMARTS) is 1. The average molecular weight is 426 g/mol. The Morgan fingerprint density at radius 2 is 2.13 bits per heavy atom. The molecule has 0 bridgehead atoms. The van der Waals surface area contributed by atoms with Crippen LogP contribution in [0.2, 0.25) is 0 Å². The SMILES string of the molecule is CCOc1cc(C=NNc2ncccc2[N+](=O)[O-])ccc1OCc1ccc(C(=O)O)o1. The number of nitro groups is 1. The summed E-state index contributed by atoms with van der Waals surface area (Å²) in [6.45, 7) is 2.23. The van der Waals surface area contributed by atoms with E-state index in [2.05, 4.69) is 15.5 Å². The minimum absolute atomic E-state index is 0.0195. The van der Waals surface area contributed by atoms with Crippen molar-refractivity contribution in [2.45, 2.75) is 13.5 Å². The lowest BCUT2D eigenvalue weighted by Gasteiger charge is -2.11. The third kappa shape index (κ3) is 5.56. The minimum Gasteiger partial charge on any atom is -0.490 e. The molecule has 0 saturated heterocycles. The lowest BCUT2D eigenvalue weighted by Crippen LogP contribution is -2.01. The number of carboxylic acids is 1. The summed E-state index contributed by atoms with van der Waals surface area (Å²) in [5.41, 5.74) is 3.01. The van der Waals surface area contributed by atoms with Crippen molar-refractivity contribution in [2.75, 3.05) is 12.0 Å². The van der Waals surface area contributed by atoms with Gasteiger partial charge in [-0.25, -0.2) is 9.78 Å². The standard InChI is InChI=1S/C20H18N4O7/c1-2-29-18-10-13(11-22-23-19-15(24(27)28)4-3-9-21-19)5-7-16(18)30-12-14-6-8-17(31-14)20(25)26/h3-11H,2,12H2,1H3,(H,21,23)(H,25,26). The van der Waals surface area contributed by atoms with Crippen LogP contribution >= 0.6 is 0 Å². The van der Waals surface area contributed by atoms with E-state index in [-0.39, 0.29) is 23.9 Å². The number of pyridine rings is 1. The maximum atomic E-state index is 11.0. The Morgan fingerprint density at radius 3 is 2.84 bits per heavy atom. The van der Waals surface area contributed by atoms with Crippen molar-refractivity contribution in [1.29, 1.82) is 0 Å². The summed E-state index contributed by atoms with van der Waals surface area (Å²) in [4.78, 5) is 25.2. The smallest absolute Gasteiger partial charge is 0.371 e. The number of rotatable bonds is 10. The molecule has 2 N–H and O–H groups in total. The van der Waals surface area contributed by atoms with Crippen molar-refractivity contribution >= 4 is 23.7 Å². The van der Waals surface area contributed by atoms with Crippen LogP contribution in [0, 0.1) is 10.1 Å². The van der Waals surface area contributed by atoms with Crippen LogP contribution in [0.3, 0.4) is 0 Å². The first-order valence-corrected chi connectivity index (χ1v) is 9.08. The zero-order valence-corrected chi connectivity index (χ0v) is 16.3. The Kier molecular flexibility index (Phi) is 6.78. The summed E-state index contributed by atoms with van der Waals surface area (Å²) in [7, 11) is 0. The number of benzene rings is 1. The fraction of sp³-hybridized carbons (Fsp3) is 0.150. The molecule has 0 atom stereocenters. The summed E-state index contributed by atoms with van der Waals surface area (Å²) in [5, 5.41) is 23.9. The second kappa shape index (κ2) is 9.87. The molecule has 0 aliphatic carbocycles. The Bertz CT molecular complexity index is 1110. The fourth-order valence-corrected chi connectivity index (χ4v) is 2.51. The number of hydrogen-bond donors (Lipinski definition) is 2. The number of furan rings is 1. The van der Waals surface area contributed by atoms with Crippen molar-refractivity contribution < 1.29 is 28.7 Å². The number of anilines is 1. The topological polar surface area (TPSA) is 149 Å². The maximum Gasteiger partial charge on any atom is 0.371 e. The Hall–Kier alpha value is -4.41. The molecule has 0 amide bonds. The van der Waals surface area contributed by atoms with E-state index < -0.39 is 10.9 Å². The molecule has 0 saturated carbocycles. The highest BCUT2D eigenvalue weighted by Gasteiger charge is 2.13. The summed E-state index contributed by atoms with van der Waals surface area (Å²) < 4.78 is 16.4. The highest BCUT2D eigenvalue weighted by molar-refractivity contribution is 5.84. The summed E-state index contributed by atoms with van der Waals surface area (Å²) in [5.74, 6) is -0.0780. The summed E-state index contributed by atoms with van der Waals surface area (Å²) in [6, 6.07) is 10.7. The molecule has 0 radical (unpaired) electrons. The Labute approximate surface area is 176 Å². The van der Waals surface area contributed by atoms with Gasteiger partial charge >= 0.3 is 11.7 Å². The maximum absolute atomic E-state index is 11.0. The number of carbonyl (C=O) groups is 1. The van der Waals surface area contributed by atoms with Crippen molar-refractivity contribution in [3.63, 3.8) is 0 Å². The van der Waals surface area contributed by atoms with E-state index in [0.717, 1.165) is 0 Å². The van der Waals surface area contributed by atoms with Gasteiger partial charge in [-0.05, 0) is 48.9 Å². The number of aromatic nitrogens is 1. The number of ether oxygens (including phenoxy) is 2. The Morgan fingerprint density at radius 1 is 1.29 bits per heavy atom. The highest BCUT2D eigenvalue weighted by atomic mass is 16.6. The molecule has 3 aromatic rings. The highest BCUT2D eigenvalue weighted by Crippen LogP contribution is 2.29.